The molecule has 0 radical (unpaired) electrons. The average molecular weight is 418 g/mol. The normalized spacial score (nSPS) is 15.6. The van der Waals surface area contributed by atoms with Crippen LogP contribution in [0.4, 0.5) is 10.1 Å². The molecule has 30 heavy (non-hydrogen) atoms. The lowest BCUT2D eigenvalue weighted by Gasteiger charge is -2.39. The van der Waals surface area contributed by atoms with E-state index in [-0.39, 0.29) is 24.9 Å². The summed E-state index contributed by atoms with van der Waals surface area (Å²) < 4.78 is 24.5. The highest BCUT2D eigenvalue weighted by Crippen LogP contribution is 2.25. The molecule has 9 heteroatoms. The predicted octanol–water partition coefficient (Wildman–Crippen LogP) is 1.16. The van der Waals surface area contributed by atoms with Crippen molar-refractivity contribution in [2.45, 2.75) is 6.04 Å². The molecule has 1 saturated heterocycles. The van der Waals surface area contributed by atoms with Gasteiger partial charge in [-0.15, -0.1) is 0 Å². The molecule has 0 unspecified atom stereocenters. The molecule has 0 saturated carbocycles. The Hall–Kier alpha value is -2.91. The standard InChI is InChI=1S/C21H27FN4O4/c1-29-14-8-23-20(27)21(28)24-15-18(19-7-4-13-30-19)26-11-9-25(10-12-26)17-6-3-2-5-16(17)22/h2-7,13,18H,8-12,14-15H2,1H3,(H,23,27)(H,24,28)/t18-/m1/s1. The van der Waals surface area contributed by atoms with Crippen molar-refractivity contribution in [1.82, 2.24) is 15.5 Å². The summed E-state index contributed by atoms with van der Waals surface area (Å²) in [5.74, 6) is -0.933. The summed E-state index contributed by atoms with van der Waals surface area (Å²) in [6, 6.07) is 10.1. The lowest BCUT2D eigenvalue weighted by atomic mass is 10.1. The van der Waals surface area contributed by atoms with Crippen LogP contribution in [0.15, 0.2) is 47.1 Å². The molecule has 2 heterocycles. The average Bonchev–Trinajstić information content (AvgIpc) is 3.29. The number of methoxy groups -OCH3 is 1. The molecule has 0 spiro atoms. The Kier molecular flexibility index (Phi) is 7.81. The molecule has 2 aromatic rings. The summed E-state index contributed by atoms with van der Waals surface area (Å²) >= 11 is 0. The van der Waals surface area contributed by atoms with Crippen molar-refractivity contribution >= 4 is 17.5 Å². The first-order chi connectivity index (χ1) is 14.6. The number of nitrogens with one attached hydrogen (secondary N) is 2. The van der Waals surface area contributed by atoms with E-state index in [0.717, 1.165) is 0 Å². The van der Waals surface area contributed by atoms with Crippen LogP contribution >= 0.6 is 0 Å². The number of benzene rings is 1. The van der Waals surface area contributed by atoms with E-state index in [1.54, 1.807) is 24.5 Å². The molecule has 8 nitrogen and oxygen atoms in total. The minimum absolute atomic E-state index is 0.224. The molecular formula is C21H27FN4O4. The number of piperazine rings is 1. The van der Waals surface area contributed by atoms with E-state index in [4.69, 9.17) is 9.15 Å². The largest absolute Gasteiger partial charge is 0.468 e. The number of amides is 2. The summed E-state index contributed by atoms with van der Waals surface area (Å²) in [5, 5.41) is 5.18. The molecule has 2 N–H and O–H groups in total. The summed E-state index contributed by atoms with van der Waals surface area (Å²) in [5.41, 5.74) is 0.590. The number of rotatable bonds is 8. The minimum Gasteiger partial charge on any atom is -0.468 e. The number of anilines is 1. The third-order valence-corrected chi connectivity index (χ3v) is 5.07. The fraction of sp³-hybridized carbons (Fsp3) is 0.429. The molecule has 1 aromatic heterocycles. The molecule has 2 amide bonds. The number of para-hydroxylation sites is 1. The molecule has 162 valence electrons. The van der Waals surface area contributed by atoms with Crippen molar-refractivity contribution in [1.29, 1.82) is 0 Å². The Bertz CT molecular complexity index is 822. The molecule has 1 aliphatic rings. The van der Waals surface area contributed by atoms with Gasteiger partial charge >= 0.3 is 11.8 Å². The van der Waals surface area contributed by atoms with Crippen LogP contribution in [0, 0.1) is 5.82 Å². The number of hydrogen-bond donors (Lipinski definition) is 2. The third-order valence-electron chi connectivity index (χ3n) is 5.07. The zero-order valence-electron chi connectivity index (χ0n) is 17.0. The monoisotopic (exact) mass is 418 g/mol. The van der Waals surface area contributed by atoms with Gasteiger partial charge in [-0.1, -0.05) is 12.1 Å². The molecule has 0 bridgehead atoms. The van der Waals surface area contributed by atoms with Gasteiger partial charge in [0.05, 0.1) is 24.6 Å². The number of nitrogens with zero attached hydrogens (tertiary/aromatic N) is 2. The van der Waals surface area contributed by atoms with Crippen molar-refractivity contribution in [3.63, 3.8) is 0 Å². The Morgan fingerprint density at radius 2 is 1.83 bits per heavy atom. The second-order valence-corrected chi connectivity index (χ2v) is 6.96. The van der Waals surface area contributed by atoms with Gasteiger partial charge < -0.3 is 24.7 Å². The van der Waals surface area contributed by atoms with Gasteiger partial charge in [0.15, 0.2) is 0 Å². The van der Waals surface area contributed by atoms with E-state index in [0.29, 0.717) is 44.2 Å². The maximum Gasteiger partial charge on any atom is 0.309 e. The fourth-order valence-electron chi connectivity index (χ4n) is 3.49. The fourth-order valence-corrected chi connectivity index (χ4v) is 3.49. The Labute approximate surface area is 175 Å². The van der Waals surface area contributed by atoms with E-state index >= 15 is 0 Å². The summed E-state index contributed by atoms with van der Waals surface area (Å²) in [6.07, 6.45) is 1.58. The Morgan fingerprint density at radius 3 is 2.50 bits per heavy atom. The van der Waals surface area contributed by atoms with Crippen LogP contribution in [-0.4, -0.2) is 69.7 Å². The van der Waals surface area contributed by atoms with Gasteiger partial charge in [-0.25, -0.2) is 4.39 Å². The quantitative estimate of drug-likeness (QED) is 0.494. The van der Waals surface area contributed by atoms with Gasteiger partial charge in [-0.3, -0.25) is 14.5 Å². The molecule has 1 aromatic carbocycles. The number of furan rings is 1. The number of carbonyl (C=O) groups excluding carboxylic acids is 2. The van der Waals surface area contributed by atoms with Crippen molar-refractivity contribution in [2.24, 2.45) is 0 Å². The minimum atomic E-state index is -0.701. The smallest absolute Gasteiger partial charge is 0.309 e. The molecule has 3 rings (SSSR count). The Morgan fingerprint density at radius 1 is 1.10 bits per heavy atom. The zero-order valence-corrected chi connectivity index (χ0v) is 17.0. The van der Waals surface area contributed by atoms with Gasteiger partial charge in [-0.05, 0) is 24.3 Å². The van der Waals surface area contributed by atoms with Crippen LogP contribution in [-0.2, 0) is 14.3 Å². The number of hydrogen-bond acceptors (Lipinski definition) is 6. The van der Waals surface area contributed by atoms with Gasteiger partial charge in [0.1, 0.15) is 11.6 Å². The third kappa shape index (κ3) is 5.58. The summed E-state index contributed by atoms with van der Waals surface area (Å²) in [6.45, 7) is 3.44. The zero-order chi connectivity index (χ0) is 21.3. The topological polar surface area (TPSA) is 87.0 Å². The molecular weight excluding hydrogens is 391 g/mol. The van der Waals surface area contributed by atoms with Crippen molar-refractivity contribution < 1.29 is 23.1 Å². The molecule has 1 aliphatic heterocycles. The maximum absolute atomic E-state index is 14.1. The number of halogens is 1. The first-order valence-corrected chi connectivity index (χ1v) is 9.92. The van der Waals surface area contributed by atoms with Crippen LogP contribution in [0.5, 0.6) is 0 Å². The van der Waals surface area contributed by atoms with Crippen LogP contribution in [0.25, 0.3) is 0 Å². The molecule has 0 aliphatic carbocycles. The lowest BCUT2D eigenvalue weighted by molar-refractivity contribution is -0.139. The highest BCUT2D eigenvalue weighted by atomic mass is 19.1. The molecule has 1 atom stereocenters. The SMILES string of the molecule is COCCNC(=O)C(=O)NC[C@H](c1ccco1)N1CCN(c2ccccc2F)CC1. The van der Waals surface area contributed by atoms with Crippen LogP contribution in [0.2, 0.25) is 0 Å². The number of carbonyl (C=O) groups is 2. The maximum atomic E-state index is 14.1. The highest BCUT2D eigenvalue weighted by molar-refractivity contribution is 6.35. The van der Waals surface area contributed by atoms with E-state index in [2.05, 4.69) is 15.5 Å². The second kappa shape index (κ2) is 10.7. The molecule has 1 fully saturated rings. The highest BCUT2D eigenvalue weighted by Gasteiger charge is 2.28. The van der Waals surface area contributed by atoms with Gasteiger partial charge in [0.25, 0.3) is 0 Å². The van der Waals surface area contributed by atoms with Crippen molar-refractivity contribution in [3.05, 3.63) is 54.2 Å². The van der Waals surface area contributed by atoms with E-state index in [9.17, 15) is 14.0 Å². The van der Waals surface area contributed by atoms with E-state index in [1.807, 2.05) is 17.0 Å². The lowest BCUT2D eigenvalue weighted by Crippen LogP contribution is -2.51. The second-order valence-electron chi connectivity index (χ2n) is 6.96. The van der Waals surface area contributed by atoms with Crippen LogP contribution in [0.3, 0.4) is 0 Å². The van der Waals surface area contributed by atoms with Crippen molar-refractivity contribution in [2.75, 3.05) is 57.9 Å². The number of ether oxygens (including phenoxy) is 1. The van der Waals surface area contributed by atoms with Gasteiger partial charge in [0.2, 0.25) is 0 Å². The van der Waals surface area contributed by atoms with E-state index < -0.39 is 11.8 Å². The first kappa shape index (κ1) is 21.8. The summed E-state index contributed by atoms with van der Waals surface area (Å²) in [7, 11) is 1.52. The predicted molar refractivity (Wildman–Crippen MR) is 110 cm³/mol. The van der Waals surface area contributed by atoms with E-state index in [1.165, 1.54) is 13.2 Å². The van der Waals surface area contributed by atoms with Crippen molar-refractivity contribution in [3.8, 4) is 0 Å². The first-order valence-electron chi connectivity index (χ1n) is 9.92. The van der Waals surface area contributed by atoms with Crippen LogP contribution in [0.1, 0.15) is 11.8 Å². The Balaban J connectivity index is 1.58. The van der Waals surface area contributed by atoms with Gasteiger partial charge in [-0.2, -0.15) is 0 Å². The van der Waals surface area contributed by atoms with Crippen LogP contribution < -0.4 is 15.5 Å². The van der Waals surface area contributed by atoms with Gasteiger partial charge in [0, 0.05) is 46.4 Å². The summed E-state index contributed by atoms with van der Waals surface area (Å²) in [4.78, 5) is 28.1.